The minimum atomic E-state index is 0.0627. The fourth-order valence-electron chi connectivity index (χ4n) is 4.93. The monoisotopic (exact) mass is 463 g/mol. The van der Waals surface area contributed by atoms with Gasteiger partial charge in [0.1, 0.15) is 5.75 Å². The fourth-order valence-corrected chi connectivity index (χ4v) is 4.93. The van der Waals surface area contributed by atoms with Crippen molar-refractivity contribution in [1.29, 1.82) is 0 Å². The van der Waals surface area contributed by atoms with Crippen LogP contribution < -0.4 is 4.74 Å². The number of aryl methyl sites for hydroxylation is 1. The number of benzene rings is 2. The number of hydrogen-bond donors (Lipinski definition) is 0. The van der Waals surface area contributed by atoms with Crippen LogP contribution in [0.5, 0.6) is 5.75 Å². The molecule has 1 unspecified atom stereocenters. The van der Waals surface area contributed by atoms with Gasteiger partial charge < -0.3 is 14.5 Å². The molecule has 6 heteroatoms. The predicted octanol–water partition coefficient (Wildman–Crippen LogP) is 3.89. The molecule has 182 valence electrons. The number of ketones is 1. The van der Waals surface area contributed by atoms with Gasteiger partial charge in [-0.3, -0.25) is 14.5 Å². The minimum absolute atomic E-state index is 0.0627. The third-order valence-corrected chi connectivity index (χ3v) is 7.08. The average Bonchev–Trinajstić information content (AvgIpc) is 3.27. The molecule has 1 amide bonds. The van der Waals surface area contributed by atoms with Gasteiger partial charge in [0.05, 0.1) is 13.2 Å². The highest BCUT2D eigenvalue weighted by molar-refractivity contribution is 5.98. The lowest BCUT2D eigenvalue weighted by atomic mass is 10.1. The van der Waals surface area contributed by atoms with E-state index in [4.69, 9.17) is 4.74 Å². The van der Waals surface area contributed by atoms with Crippen LogP contribution in [0, 0.1) is 6.92 Å². The molecule has 0 spiro atoms. The van der Waals surface area contributed by atoms with Crippen LogP contribution in [0.3, 0.4) is 0 Å². The van der Waals surface area contributed by atoms with Gasteiger partial charge in [0, 0.05) is 49.9 Å². The van der Waals surface area contributed by atoms with Gasteiger partial charge in [0.25, 0.3) is 5.91 Å². The summed E-state index contributed by atoms with van der Waals surface area (Å²) in [6.45, 7) is 10.4. The first kappa shape index (κ1) is 24.4. The Morgan fingerprint density at radius 2 is 1.74 bits per heavy atom. The van der Waals surface area contributed by atoms with Gasteiger partial charge in [-0.1, -0.05) is 18.2 Å². The predicted molar refractivity (Wildman–Crippen MR) is 135 cm³/mol. The number of likely N-dealkylation sites (tertiary alicyclic amines) is 1. The molecule has 2 aromatic carbocycles. The molecule has 0 N–H and O–H groups in total. The summed E-state index contributed by atoms with van der Waals surface area (Å²) in [5.41, 5.74) is 2.44. The second-order valence-corrected chi connectivity index (χ2v) is 9.57. The van der Waals surface area contributed by atoms with E-state index >= 15 is 0 Å². The van der Waals surface area contributed by atoms with Crippen molar-refractivity contribution in [1.82, 2.24) is 14.7 Å². The van der Waals surface area contributed by atoms with E-state index in [-0.39, 0.29) is 11.7 Å². The molecule has 2 aromatic rings. The van der Waals surface area contributed by atoms with Gasteiger partial charge in [0.2, 0.25) is 0 Å². The standard InChI is InChI=1S/C28H37N3O3/c1-22-20-25(11-12-27(22)34-19-7-14-30-13-6-8-23(30)2)26(32)21-29-15-17-31(18-16-29)28(33)24-9-4-3-5-10-24/h3-5,9-12,20,23H,6-8,13-19,21H2,1-2H3. The van der Waals surface area contributed by atoms with E-state index in [0.717, 1.165) is 35.4 Å². The molecule has 0 saturated carbocycles. The summed E-state index contributed by atoms with van der Waals surface area (Å²) in [4.78, 5) is 32.0. The van der Waals surface area contributed by atoms with Gasteiger partial charge in [0.15, 0.2) is 5.78 Å². The van der Waals surface area contributed by atoms with E-state index in [1.807, 2.05) is 60.4 Å². The van der Waals surface area contributed by atoms with Crippen molar-refractivity contribution in [3.63, 3.8) is 0 Å². The van der Waals surface area contributed by atoms with Crippen LogP contribution in [0.15, 0.2) is 48.5 Å². The number of piperazine rings is 1. The van der Waals surface area contributed by atoms with Crippen LogP contribution in [0.1, 0.15) is 52.5 Å². The van der Waals surface area contributed by atoms with Crippen LogP contribution in [-0.4, -0.2) is 84.9 Å². The van der Waals surface area contributed by atoms with Crippen LogP contribution in [0.25, 0.3) is 0 Å². The number of amides is 1. The molecule has 34 heavy (non-hydrogen) atoms. The van der Waals surface area contributed by atoms with Crippen molar-refractivity contribution in [3.8, 4) is 5.75 Å². The topological polar surface area (TPSA) is 53.1 Å². The molecule has 2 aliphatic heterocycles. The zero-order chi connectivity index (χ0) is 23.9. The second-order valence-electron chi connectivity index (χ2n) is 9.57. The third-order valence-electron chi connectivity index (χ3n) is 7.08. The maximum absolute atomic E-state index is 12.9. The van der Waals surface area contributed by atoms with Crippen molar-refractivity contribution >= 4 is 11.7 Å². The van der Waals surface area contributed by atoms with Crippen molar-refractivity contribution in [2.75, 3.05) is 52.4 Å². The van der Waals surface area contributed by atoms with Gasteiger partial charge in [-0.2, -0.15) is 0 Å². The zero-order valence-corrected chi connectivity index (χ0v) is 20.5. The van der Waals surface area contributed by atoms with E-state index in [2.05, 4.69) is 16.7 Å². The summed E-state index contributed by atoms with van der Waals surface area (Å²) in [6, 6.07) is 15.8. The molecule has 2 heterocycles. The Kier molecular flexibility index (Phi) is 8.35. The molecule has 2 fully saturated rings. The Labute approximate surface area is 203 Å². The molecule has 0 aliphatic carbocycles. The summed E-state index contributed by atoms with van der Waals surface area (Å²) < 4.78 is 6.00. The highest BCUT2D eigenvalue weighted by Gasteiger charge is 2.24. The first-order valence-corrected chi connectivity index (χ1v) is 12.6. The van der Waals surface area contributed by atoms with E-state index in [0.29, 0.717) is 45.4 Å². The first-order valence-electron chi connectivity index (χ1n) is 12.6. The molecule has 1 atom stereocenters. The number of nitrogens with zero attached hydrogens (tertiary/aromatic N) is 3. The molecule has 2 saturated heterocycles. The summed E-state index contributed by atoms with van der Waals surface area (Å²) in [7, 11) is 0. The molecular weight excluding hydrogens is 426 g/mol. The van der Waals surface area contributed by atoms with E-state index in [1.54, 1.807) is 0 Å². The van der Waals surface area contributed by atoms with Gasteiger partial charge in [-0.15, -0.1) is 0 Å². The smallest absolute Gasteiger partial charge is 0.253 e. The van der Waals surface area contributed by atoms with E-state index in [9.17, 15) is 9.59 Å². The lowest BCUT2D eigenvalue weighted by Crippen LogP contribution is -2.49. The van der Waals surface area contributed by atoms with Crippen LogP contribution in [0.4, 0.5) is 0 Å². The van der Waals surface area contributed by atoms with E-state index < -0.39 is 0 Å². The number of rotatable bonds is 9. The summed E-state index contributed by atoms with van der Waals surface area (Å²) in [5, 5.41) is 0. The molecule has 4 rings (SSSR count). The first-order chi connectivity index (χ1) is 16.5. The number of carbonyl (C=O) groups excluding carboxylic acids is 2. The Morgan fingerprint density at radius 1 is 0.971 bits per heavy atom. The molecule has 0 bridgehead atoms. The fraction of sp³-hybridized carbons (Fsp3) is 0.500. The summed E-state index contributed by atoms with van der Waals surface area (Å²) in [5.74, 6) is 1.03. The second kappa shape index (κ2) is 11.6. The minimum Gasteiger partial charge on any atom is -0.493 e. The lowest BCUT2D eigenvalue weighted by molar-refractivity contribution is 0.0624. The van der Waals surface area contributed by atoms with Crippen molar-refractivity contribution < 1.29 is 14.3 Å². The molecular formula is C28H37N3O3. The Hall–Kier alpha value is -2.70. The van der Waals surface area contributed by atoms with Crippen LogP contribution in [0.2, 0.25) is 0 Å². The zero-order valence-electron chi connectivity index (χ0n) is 20.5. The van der Waals surface area contributed by atoms with Gasteiger partial charge in [-0.05, 0) is 75.5 Å². The lowest BCUT2D eigenvalue weighted by Gasteiger charge is -2.34. The maximum atomic E-state index is 12.9. The molecule has 0 aromatic heterocycles. The normalized spacial score (nSPS) is 19.4. The number of ether oxygens (including phenoxy) is 1. The average molecular weight is 464 g/mol. The van der Waals surface area contributed by atoms with Crippen molar-refractivity contribution in [2.45, 2.75) is 39.2 Å². The summed E-state index contributed by atoms with van der Waals surface area (Å²) in [6.07, 6.45) is 3.62. The largest absolute Gasteiger partial charge is 0.493 e. The number of carbonyl (C=O) groups is 2. The molecule has 0 radical (unpaired) electrons. The van der Waals surface area contributed by atoms with Crippen LogP contribution in [-0.2, 0) is 0 Å². The Bertz CT molecular complexity index is 970. The maximum Gasteiger partial charge on any atom is 0.253 e. The van der Waals surface area contributed by atoms with Crippen molar-refractivity contribution in [3.05, 3.63) is 65.2 Å². The Balaban J connectivity index is 1.21. The summed E-state index contributed by atoms with van der Waals surface area (Å²) >= 11 is 0. The Morgan fingerprint density at radius 3 is 2.41 bits per heavy atom. The van der Waals surface area contributed by atoms with Gasteiger partial charge in [-0.25, -0.2) is 0 Å². The van der Waals surface area contributed by atoms with Crippen molar-refractivity contribution in [2.24, 2.45) is 0 Å². The van der Waals surface area contributed by atoms with Crippen LogP contribution >= 0.6 is 0 Å². The number of hydrogen-bond acceptors (Lipinski definition) is 5. The third kappa shape index (κ3) is 6.24. The quantitative estimate of drug-likeness (QED) is 0.417. The highest BCUT2D eigenvalue weighted by Crippen LogP contribution is 2.21. The van der Waals surface area contributed by atoms with E-state index in [1.165, 1.54) is 19.4 Å². The molecule has 2 aliphatic rings. The molecule has 6 nitrogen and oxygen atoms in total. The SMILES string of the molecule is Cc1cc(C(=O)CN2CCN(C(=O)c3ccccc3)CC2)ccc1OCCCN1CCCC1C. The van der Waals surface area contributed by atoms with Gasteiger partial charge >= 0.3 is 0 Å². The highest BCUT2D eigenvalue weighted by atomic mass is 16.5. The number of Topliss-reactive ketones (excluding diaryl/α,β-unsaturated/α-hetero) is 1.